The Morgan fingerprint density at radius 3 is 2.77 bits per heavy atom. The van der Waals surface area contributed by atoms with E-state index >= 15 is 0 Å². The van der Waals surface area contributed by atoms with Crippen molar-refractivity contribution < 1.29 is 4.74 Å². The fraction of sp³-hybridized carbons (Fsp3) is 0.300. The highest BCUT2D eigenvalue weighted by Gasteiger charge is 2.01. The maximum absolute atomic E-state index is 8.57. The molecule has 3 heteroatoms. The van der Waals surface area contributed by atoms with Gasteiger partial charge in [0.1, 0.15) is 5.75 Å². The molecule has 2 N–H and O–H groups in total. The van der Waals surface area contributed by atoms with Gasteiger partial charge in [0, 0.05) is 6.54 Å². The summed E-state index contributed by atoms with van der Waals surface area (Å²) in [5.41, 5.74) is 7.47. The molecule has 1 rings (SSSR count). The molecule has 0 spiro atoms. The first-order valence-electron chi connectivity index (χ1n) is 4.04. The van der Waals surface area contributed by atoms with Crippen molar-refractivity contribution in [2.75, 3.05) is 7.11 Å². The van der Waals surface area contributed by atoms with Crippen LogP contribution in [-0.4, -0.2) is 7.11 Å². The predicted octanol–water partition coefficient (Wildman–Crippen LogP) is 1.22. The van der Waals surface area contributed by atoms with Gasteiger partial charge in [0.25, 0.3) is 0 Å². The lowest BCUT2D eigenvalue weighted by molar-refractivity contribution is 0.414. The van der Waals surface area contributed by atoms with E-state index in [-0.39, 0.29) is 0 Å². The molecule has 0 unspecified atom stereocenters. The zero-order valence-corrected chi connectivity index (χ0v) is 7.58. The number of nitrogens with two attached hydrogens (primary N) is 1. The van der Waals surface area contributed by atoms with E-state index in [1.54, 1.807) is 7.11 Å². The van der Waals surface area contributed by atoms with E-state index in [0.29, 0.717) is 13.0 Å². The van der Waals surface area contributed by atoms with Crippen molar-refractivity contribution in [3.05, 3.63) is 29.3 Å². The van der Waals surface area contributed by atoms with E-state index in [2.05, 4.69) is 6.07 Å². The topological polar surface area (TPSA) is 59.0 Å². The Hall–Kier alpha value is -1.53. The molecule has 0 aromatic heterocycles. The molecule has 0 aliphatic heterocycles. The van der Waals surface area contributed by atoms with Crippen LogP contribution in [0.5, 0.6) is 5.75 Å². The summed E-state index contributed by atoms with van der Waals surface area (Å²) in [5.74, 6) is 0.766. The third kappa shape index (κ3) is 2.20. The van der Waals surface area contributed by atoms with Crippen LogP contribution in [0.3, 0.4) is 0 Å². The van der Waals surface area contributed by atoms with Crippen LogP contribution >= 0.6 is 0 Å². The Morgan fingerprint density at radius 2 is 2.23 bits per heavy atom. The van der Waals surface area contributed by atoms with Crippen molar-refractivity contribution in [3.63, 3.8) is 0 Å². The number of methoxy groups -OCH3 is 1. The van der Waals surface area contributed by atoms with Crippen molar-refractivity contribution in [1.82, 2.24) is 0 Å². The second kappa shape index (κ2) is 4.48. The van der Waals surface area contributed by atoms with Crippen LogP contribution in [0.1, 0.15) is 11.1 Å². The number of hydrogen-bond acceptors (Lipinski definition) is 3. The van der Waals surface area contributed by atoms with E-state index in [9.17, 15) is 0 Å². The quantitative estimate of drug-likeness (QED) is 0.753. The molecule has 0 heterocycles. The van der Waals surface area contributed by atoms with Gasteiger partial charge in [0.15, 0.2) is 0 Å². The van der Waals surface area contributed by atoms with Crippen molar-refractivity contribution in [1.29, 1.82) is 5.26 Å². The molecule has 0 amide bonds. The van der Waals surface area contributed by atoms with E-state index in [1.165, 1.54) is 0 Å². The summed E-state index contributed by atoms with van der Waals surface area (Å²) in [5, 5.41) is 8.57. The summed E-state index contributed by atoms with van der Waals surface area (Å²) in [4.78, 5) is 0. The van der Waals surface area contributed by atoms with Gasteiger partial charge < -0.3 is 10.5 Å². The van der Waals surface area contributed by atoms with Crippen LogP contribution < -0.4 is 10.5 Å². The summed E-state index contributed by atoms with van der Waals surface area (Å²) < 4.78 is 5.05. The number of ether oxygens (including phenoxy) is 1. The smallest absolute Gasteiger partial charge is 0.119 e. The second-order valence-electron chi connectivity index (χ2n) is 2.67. The van der Waals surface area contributed by atoms with E-state index in [1.807, 2.05) is 18.2 Å². The van der Waals surface area contributed by atoms with Gasteiger partial charge in [-0.3, -0.25) is 0 Å². The molecule has 0 saturated heterocycles. The minimum atomic E-state index is 0.379. The fourth-order valence-corrected chi connectivity index (χ4v) is 1.18. The molecule has 0 aliphatic rings. The number of hydrogen-bond donors (Lipinski definition) is 1. The van der Waals surface area contributed by atoms with Crippen LogP contribution in [0, 0.1) is 11.3 Å². The summed E-state index contributed by atoms with van der Waals surface area (Å²) in [6.07, 6.45) is 0.379. The molecule has 1 aromatic rings. The molecule has 3 nitrogen and oxygen atoms in total. The van der Waals surface area contributed by atoms with E-state index < -0.39 is 0 Å². The Bertz CT molecular complexity index is 328. The molecule has 0 atom stereocenters. The van der Waals surface area contributed by atoms with Gasteiger partial charge in [-0.15, -0.1) is 0 Å². The lowest BCUT2D eigenvalue weighted by atomic mass is 10.0. The van der Waals surface area contributed by atoms with Crippen molar-refractivity contribution in [2.45, 2.75) is 13.0 Å². The maximum atomic E-state index is 8.57. The molecule has 0 aliphatic carbocycles. The first kappa shape index (κ1) is 9.56. The van der Waals surface area contributed by atoms with Gasteiger partial charge in [-0.25, -0.2) is 0 Å². The largest absolute Gasteiger partial charge is 0.497 e. The summed E-state index contributed by atoms with van der Waals surface area (Å²) in [6, 6.07) is 7.70. The third-order valence-corrected chi connectivity index (χ3v) is 1.90. The summed E-state index contributed by atoms with van der Waals surface area (Å²) in [7, 11) is 1.60. The van der Waals surface area contributed by atoms with Crippen molar-refractivity contribution in [2.24, 2.45) is 5.73 Å². The molecule has 0 radical (unpaired) electrons. The lowest BCUT2D eigenvalue weighted by Gasteiger charge is -2.06. The Kier molecular flexibility index (Phi) is 3.30. The van der Waals surface area contributed by atoms with Gasteiger partial charge in [0.2, 0.25) is 0 Å². The number of nitrogens with zero attached hydrogens (tertiary/aromatic N) is 1. The number of benzene rings is 1. The Labute approximate surface area is 77.7 Å². The van der Waals surface area contributed by atoms with Crippen LogP contribution in [0.25, 0.3) is 0 Å². The highest BCUT2D eigenvalue weighted by molar-refractivity contribution is 5.37. The van der Waals surface area contributed by atoms with Gasteiger partial charge in [0.05, 0.1) is 19.6 Å². The molecule has 0 bridgehead atoms. The minimum Gasteiger partial charge on any atom is -0.497 e. The SMILES string of the molecule is COc1ccc(CN)c(CC#N)c1. The van der Waals surface area contributed by atoms with Gasteiger partial charge in [-0.1, -0.05) is 6.07 Å². The standard InChI is InChI=1S/C10H12N2O/c1-13-10-3-2-9(7-12)8(6-10)4-5-11/h2-3,6H,4,7,12H2,1H3. The zero-order chi connectivity index (χ0) is 9.68. The van der Waals surface area contributed by atoms with Crippen LogP contribution in [0.15, 0.2) is 18.2 Å². The van der Waals surface area contributed by atoms with Crippen LogP contribution in [0.2, 0.25) is 0 Å². The second-order valence-corrected chi connectivity index (χ2v) is 2.67. The Balaban J connectivity index is 3.04. The molecular weight excluding hydrogens is 164 g/mol. The summed E-state index contributed by atoms with van der Waals surface area (Å²) in [6.45, 7) is 0.459. The average Bonchev–Trinajstić information content (AvgIpc) is 2.18. The fourth-order valence-electron chi connectivity index (χ4n) is 1.18. The third-order valence-electron chi connectivity index (χ3n) is 1.90. The number of rotatable bonds is 3. The van der Waals surface area contributed by atoms with Crippen LogP contribution in [-0.2, 0) is 13.0 Å². The Morgan fingerprint density at radius 1 is 1.46 bits per heavy atom. The van der Waals surface area contributed by atoms with Crippen molar-refractivity contribution in [3.8, 4) is 11.8 Å². The molecule has 0 fully saturated rings. The number of nitriles is 1. The van der Waals surface area contributed by atoms with Crippen molar-refractivity contribution >= 4 is 0 Å². The molecule has 68 valence electrons. The van der Waals surface area contributed by atoms with Crippen LogP contribution in [0.4, 0.5) is 0 Å². The molecule has 0 saturated carbocycles. The first-order valence-corrected chi connectivity index (χ1v) is 4.04. The predicted molar refractivity (Wildman–Crippen MR) is 50.2 cm³/mol. The molecule has 13 heavy (non-hydrogen) atoms. The van der Waals surface area contributed by atoms with Gasteiger partial charge in [-0.05, 0) is 23.3 Å². The minimum absolute atomic E-state index is 0.379. The van der Waals surface area contributed by atoms with Gasteiger partial charge in [-0.2, -0.15) is 5.26 Å². The average molecular weight is 176 g/mol. The van der Waals surface area contributed by atoms with Gasteiger partial charge >= 0.3 is 0 Å². The lowest BCUT2D eigenvalue weighted by Crippen LogP contribution is -2.01. The summed E-state index contributed by atoms with van der Waals surface area (Å²) >= 11 is 0. The maximum Gasteiger partial charge on any atom is 0.119 e. The highest BCUT2D eigenvalue weighted by Crippen LogP contribution is 2.17. The molecular formula is C10H12N2O. The van der Waals surface area contributed by atoms with E-state index in [4.69, 9.17) is 15.7 Å². The van der Waals surface area contributed by atoms with E-state index in [0.717, 1.165) is 16.9 Å². The first-order chi connectivity index (χ1) is 6.31. The zero-order valence-electron chi connectivity index (χ0n) is 7.58. The highest BCUT2D eigenvalue weighted by atomic mass is 16.5. The normalized spacial score (nSPS) is 9.31. The monoisotopic (exact) mass is 176 g/mol. The molecule has 1 aromatic carbocycles.